The van der Waals surface area contributed by atoms with Gasteiger partial charge < -0.3 is 0 Å². The standard InChI is InChI=1S/C16H21NO/c1-12-4-2-5-13(8-12)11-17-14-6-3-7-15(17)10-16(18)9-14/h2,4-5,8,14-15H,3,6-7,9-11H2,1H3. The molecule has 1 aromatic rings. The molecule has 2 bridgehead atoms. The Morgan fingerprint density at radius 3 is 2.61 bits per heavy atom. The second-order valence-corrected chi connectivity index (χ2v) is 5.85. The van der Waals surface area contributed by atoms with E-state index in [0.717, 1.165) is 19.4 Å². The Balaban J connectivity index is 1.77. The minimum Gasteiger partial charge on any atom is -0.300 e. The molecule has 2 saturated heterocycles. The van der Waals surface area contributed by atoms with Crippen LogP contribution in [0.25, 0.3) is 0 Å². The lowest BCUT2D eigenvalue weighted by molar-refractivity contribution is -0.127. The van der Waals surface area contributed by atoms with E-state index in [1.54, 1.807) is 0 Å². The molecule has 0 amide bonds. The van der Waals surface area contributed by atoms with Gasteiger partial charge in [0.15, 0.2) is 0 Å². The SMILES string of the molecule is Cc1cccc(CN2C3CCCC2CC(=O)C3)c1. The first kappa shape index (κ1) is 11.9. The summed E-state index contributed by atoms with van der Waals surface area (Å²) in [4.78, 5) is 14.3. The summed E-state index contributed by atoms with van der Waals surface area (Å²) in [6, 6.07) is 9.77. The number of carbonyl (C=O) groups excluding carboxylic acids is 1. The fourth-order valence-corrected chi connectivity index (χ4v) is 3.55. The van der Waals surface area contributed by atoms with Crippen LogP contribution in [0.3, 0.4) is 0 Å². The Kier molecular flexibility index (Phi) is 3.21. The second-order valence-electron chi connectivity index (χ2n) is 5.85. The smallest absolute Gasteiger partial charge is 0.136 e. The minimum atomic E-state index is 0.477. The maximum atomic E-state index is 11.7. The predicted octanol–water partition coefficient (Wildman–Crippen LogP) is 3.08. The average molecular weight is 243 g/mol. The third-order valence-electron chi connectivity index (χ3n) is 4.39. The molecule has 0 radical (unpaired) electrons. The van der Waals surface area contributed by atoms with Crippen LogP contribution in [0.1, 0.15) is 43.2 Å². The Bertz CT molecular complexity index is 438. The molecule has 2 heterocycles. The van der Waals surface area contributed by atoms with Crippen LogP contribution < -0.4 is 0 Å². The largest absolute Gasteiger partial charge is 0.300 e. The first-order chi connectivity index (χ1) is 8.72. The Hall–Kier alpha value is -1.15. The molecule has 2 atom stereocenters. The highest BCUT2D eigenvalue weighted by Gasteiger charge is 2.37. The highest BCUT2D eigenvalue weighted by atomic mass is 16.1. The van der Waals surface area contributed by atoms with Crippen molar-refractivity contribution in [3.8, 4) is 0 Å². The molecule has 96 valence electrons. The number of Topliss-reactive ketones (excluding diaryl/α,β-unsaturated/α-hetero) is 1. The second kappa shape index (κ2) is 4.85. The van der Waals surface area contributed by atoms with Crippen molar-refractivity contribution in [3.63, 3.8) is 0 Å². The number of hydrogen-bond donors (Lipinski definition) is 0. The van der Waals surface area contributed by atoms with Crippen molar-refractivity contribution in [2.75, 3.05) is 0 Å². The lowest BCUT2D eigenvalue weighted by Crippen LogP contribution is -2.51. The Morgan fingerprint density at radius 1 is 1.22 bits per heavy atom. The maximum Gasteiger partial charge on any atom is 0.136 e. The van der Waals surface area contributed by atoms with Crippen molar-refractivity contribution < 1.29 is 4.79 Å². The van der Waals surface area contributed by atoms with Crippen molar-refractivity contribution >= 4 is 5.78 Å². The molecule has 0 saturated carbocycles. The van der Waals surface area contributed by atoms with Gasteiger partial charge in [0, 0.05) is 31.5 Å². The van der Waals surface area contributed by atoms with Crippen LogP contribution in [0.15, 0.2) is 24.3 Å². The molecule has 2 nitrogen and oxygen atoms in total. The number of fused-ring (bicyclic) bond motifs is 2. The van der Waals surface area contributed by atoms with E-state index < -0.39 is 0 Å². The maximum absolute atomic E-state index is 11.7. The third kappa shape index (κ3) is 2.35. The normalized spacial score (nSPS) is 28.4. The zero-order valence-electron chi connectivity index (χ0n) is 11.1. The first-order valence-electron chi connectivity index (χ1n) is 7.05. The van der Waals surface area contributed by atoms with E-state index in [4.69, 9.17) is 0 Å². The number of benzene rings is 1. The zero-order valence-corrected chi connectivity index (χ0v) is 11.1. The van der Waals surface area contributed by atoms with Crippen molar-refractivity contribution in [2.45, 2.75) is 57.7 Å². The van der Waals surface area contributed by atoms with Gasteiger partial charge in [-0.1, -0.05) is 36.2 Å². The highest BCUT2D eigenvalue weighted by molar-refractivity contribution is 5.80. The number of rotatable bonds is 2. The molecular weight excluding hydrogens is 222 g/mol. The average Bonchev–Trinajstić information content (AvgIpc) is 2.30. The van der Waals surface area contributed by atoms with E-state index in [1.807, 2.05) is 0 Å². The van der Waals surface area contributed by atoms with Gasteiger partial charge in [-0.2, -0.15) is 0 Å². The van der Waals surface area contributed by atoms with Crippen LogP contribution in [-0.2, 0) is 11.3 Å². The van der Waals surface area contributed by atoms with Crippen molar-refractivity contribution in [1.29, 1.82) is 0 Å². The van der Waals surface area contributed by atoms with Gasteiger partial charge in [0.2, 0.25) is 0 Å². The quantitative estimate of drug-likeness (QED) is 0.795. The lowest BCUT2D eigenvalue weighted by atomic mass is 9.83. The van der Waals surface area contributed by atoms with Gasteiger partial charge in [-0.15, -0.1) is 0 Å². The molecule has 0 N–H and O–H groups in total. The fraction of sp³-hybridized carbons (Fsp3) is 0.562. The van der Waals surface area contributed by atoms with Crippen molar-refractivity contribution in [1.82, 2.24) is 4.90 Å². The van der Waals surface area contributed by atoms with Crippen LogP contribution in [0.4, 0.5) is 0 Å². The zero-order chi connectivity index (χ0) is 12.5. The van der Waals surface area contributed by atoms with Gasteiger partial charge in [0.1, 0.15) is 5.78 Å². The van der Waals surface area contributed by atoms with Crippen LogP contribution in [0.2, 0.25) is 0 Å². The molecule has 0 aromatic heterocycles. The van der Waals surface area contributed by atoms with Gasteiger partial charge >= 0.3 is 0 Å². The monoisotopic (exact) mass is 243 g/mol. The number of carbonyl (C=O) groups is 1. The molecule has 2 unspecified atom stereocenters. The van der Waals surface area contributed by atoms with E-state index in [9.17, 15) is 4.79 Å². The topological polar surface area (TPSA) is 20.3 Å². The number of ketones is 1. The number of nitrogens with zero attached hydrogens (tertiary/aromatic N) is 1. The highest BCUT2D eigenvalue weighted by Crippen LogP contribution is 2.33. The molecule has 18 heavy (non-hydrogen) atoms. The van der Waals surface area contributed by atoms with Gasteiger partial charge in [0.05, 0.1) is 0 Å². The summed E-state index contributed by atoms with van der Waals surface area (Å²) in [6.07, 6.45) is 5.26. The Morgan fingerprint density at radius 2 is 1.94 bits per heavy atom. The minimum absolute atomic E-state index is 0.477. The van der Waals surface area contributed by atoms with Crippen molar-refractivity contribution in [3.05, 3.63) is 35.4 Å². The molecule has 3 rings (SSSR count). The summed E-state index contributed by atoms with van der Waals surface area (Å²) in [5.74, 6) is 0.477. The Labute approximate surface area is 109 Å². The summed E-state index contributed by atoms with van der Waals surface area (Å²) >= 11 is 0. The van der Waals surface area contributed by atoms with Gasteiger partial charge in [-0.25, -0.2) is 0 Å². The van der Waals surface area contributed by atoms with Crippen LogP contribution >= 0.6 is 0 Å². The third-order valence-corrected chi connectivity index (χ3v) is 4.39. The van der Waals surface area contributed by atoms with Gasteiger partial charge in [-0.05, 0) is 25.3 Å². The molecule has 2 heteroatoms. The first-order valence-corrected chi connectivity index (χ1v) is 7.05. The van der Waals surface area contributed by atoms with Gasteiger partial charge in [0.25, 0.3) is 0 Å². The van der Waals surface area contributed by atoms with E-state index in [1.165, 1.54) is 30.4 Å². The van der Waals surface area contributed by atoms with Crippen LogP contribution in [0.5, 0.6) is 0 Å². The number of piperidine rings is 2. The number of aryl methyl sites for hydroxylation is 1. The van der Waals surface area contributed by atoms with E-state index in [0.29, 0.717) is 17.9 Å². The summed E-state index contributed by atoms with van der Waals surface area (Å²) in [6.45, 7) is 3.16. The van der Waals surface area contributed by atoms with E-state index in [-0.39, 0.29) is 0 Å². The molecular formula is C16H21NO. The molecule has 0 aliphatic carbocycles. The summed E-state index contributed by atoms with van der Waals surface area (Å²) in [7, 11) is 0. The summed E-state index contributed by atoms with van der Waals surface area (Å²) < 4.78 is 0. The molecule has 2 aliphatic heterocycles. The molecule has 2 aliphatic rings. The van der Waals surface area contributed by atoms with Crippen LogP contribution in [0, 0.1) is 6.92 Å². The van der Waals surface area contributed by atoms with Crippen LogP contribution in [-0.4, -0.2) is 22.8 Å². The van der Waals surface area contributed by atoms with E-state index >= 15 is 0 Å². The molecule has 0 spiro atoms. The van der Waals surface area contributed by atoms with Crippen molar-refractivity contribution in [2.24, 2.45) is 0 Å². The predicted molar refractivity (Wildman–Crippen MR) is 72.4 cm³/mol. The number of hydrogen-bond acceptors (Lipinski definition) is 2. The van der Waals surface area contributed by atoms with Gasteiger partial charge in [-0.3, -0.25) is 9.69 Å². The summed E-state index contributed by atoms with van der Waals surface area (Å²) in [5, 5.41) is 0. The lowest BCUT2D eigenvalue weighted by Gasteiger charge is -2.45. The van der Waals surface area contributed by atoms with E-state index in [2.05, 4.69) is 36.1 Å². The fourth-order valence-electron chi connectivity index (χ4n) is 3.55. The summed E-state index contributed by atoms with van der Waals surface area (Å²) in [5.41, 5.74) is 2.71. The molecule has 1 aromatic carbocycles. The molecule has 2 fully saturated rings.